The molecule has 0 unspecified atom stereocenters. The van der Waals surface area contributed by atoms with Gasteiger partial charge in [0.1, 0.15) is 18.3 Å². The molecular formula is C16H15BrN2O2. The third-order valence-electron chi connectivity index (χ3n) is 3.50. The second kappa shape index (κ2) is 6.26. The molecule has 2 heterocycles. The van der Waals surface area contributed by atoms with Crippen LogP contribution in [0.1, 0.15) is 17.0 Å². The van der Waals surface area contributed by atoms with Gasteiger partial charge in [-0.1, -0.05) is 22.0 Å². The maximum absolute atomic E-state index is 12.3. The van der Waals surface area contributed by atoms with Crippen molar-refractivity contribution >= 4 is 21.8 Å². The summed E-state index contributed by atoms with van der Waals surface area (Å²) >= 11 is 3.43. The molecule has 2 aromatic rings. The smallest absolute Gasteiger partial charge is 0.231 e. The maximum atomic E-state index is 12.3. The summed E-state index contributed by atoms with van der Waals surface area (Å²) in [7, 11) is 0. The molecule has 0 radical (unpaired) electrons. The van der Waals surface area contributed by atoms with Crippen LogP contribution in [0.15, 0.2) is 47.2 Å². The summed E-state index contributed by atoms with van der Waals surface area (Å²) in [6.45, 7) is 1.01. The number of nitrogens with zero attached hydrogens (tertiary/aromatic N) is 1. The van der Waals surface area contributed by atoms with Gasteiger partial charge in [-0.2, -0.15) is 0 Å². The van der Waals surface area contributed by atoms with Crippen LogP contribution in [-0.4, -0.2) is 24.0 Å². The third-order valence-corrected chi connectivity index (χ3v) is 4.00. The summed E-state index contributed by atoms with van der Waals surface area (Å²) < 4.78 is 6.52. The van der Waals surface area contributed by atoms with E-state index >= 15 is 0 Å². The normalized spacial score (nSPS) is 16.1. The van der Waals surface area contributed by atoms with Crippen molar-refractivity contribution in [1.29, 1.82) is 0 Å². The van der Waals surface area contributed by atoms with Crippen molar-refractivity contribution in [2.75, 3.05) is 13.2 Å². The van der Waals surface area contributed by atoms with Crippen LogP contribution in [0.25, 0.3) is 0 Å². The van der Waals surface area contributed by atoms with Gasteiger partial charge in [-0.3, -0.25) is 9.78 Å². The Morgan fingerprint density at radius 3 is 3.14 bits per heavy atom. The van der Waals surface area contributed by atoms with E-state index in [-0.39, 0.29) is 11.8 Å². The predicted molar refractivity (Wildman–Crippen MR) is 83.3 cm³/mol. The Balaban J connectivity index is 1.59. The number of pyridine rings is 1. The van der Waals surface area contributed by atoms with Crippen molar-refractivity contribution in [1.82, 2.24) is 10.3 Å². The number of ether oxygens (including phenoxy) is 1. The van der Waals surface area contributed by atoms with Gasteiger partial charge in [-0.05, 0) is 36.2 Å². The highest BCUT2D eigenvalue weighted by Crippen LogP contribution is 2.35. The number of aromatic nitrogens is 1. The lowest BCUT2D eigenvalue weighted by atomic mass is 10.0. The summed E-state index contributed by atoms with van der Waals surface area (Å²) in [5, 5.41) is 2.97. The van der Waals surface area contributed by atoms with Gasteiger partial charge in [0.25, 0.3) is 0 Å². The monoisotopic (exact) mass is 346 g/mol. The maximum Gasteiger partial charge on any atom is 0.231 e. The fourth-order valence-electron chi connectivity index (χ4n) is 2.40. The van der Waals surface area contributed by atoms with Gasteiger partial charge < -0.3 is 10.1 Å². The molecule has 1 aliphatic heterocycles. The summed E-state index contributed by atoms with van der Waals surface area (Å²) in [6, 6.07) is 9.66. The first-order valence-electron chi connectivity index (χ1n) is 6.83. The molecule has 0 saturated heterocycles. The molecular weight excluding hydrogens is 332 g/mol. The lowest BCUT2D eigenvalue weighted by Gasteiger charge is -2.10. The summed E-state index contributed by atoms with van der Waals surface area (Å²) in [6.07, 6.45) is 4.34. The number of hydrogen-bond acceptors (Lipinski definition) is 3. The van der Waals surface area contributed by atoms with Gasteiger partial charge in [-0.25, -0.2) is 0 Å². The number of fused-ring (bicyclic) bond motifs is 1. The van der Waals surface area contributed by atoms with E-state index in [0.29, 0.717) is 13.2 Å². The Hall–Kier alpha value is -1.88. The van der Waals surface area contributed by atoms with Crippen LogP contribution in [0.3, 0.4) is 0 Å². The Morgan fingerprint density at radius 2 is 2.33 bits per heavy atom. The number of nitrogens with one attached hydrogen (secondary N) is 1. The topological polar surface area (TPSA) is 51.2 Å². The molecule has 108 valence electrons. The molecule has 1 N–H and O–H groups in total. The Morgan fingerprint density at radius 1 is 1.43 bits per heavy atom. The molecule has 1 aliphatic rings. The van der Waals surface area contributed by atoms with Crippen LogP contribution in [0.5, 0.6) is 5.75 Å². The molecule has 0 saturated carbocycles. The molecule has 1 atom stereocenters. The van der Waals surface area contributed by atoms with Gasteiger partial charge in [0.05, 0.1) is 0 Å². The van der Waals surface area contributed by atoms with Gasteiger partial charge in [-0.15, -0.1) is 0 Å². The van der Waals surface area contributed by atoms with Crippen LogP contribution >= 0.6 is 15.9 Å². The van der Waals surface area contributed by atoms with Gasteiger partial charge in [0.2, 0.25) is 5.91 Å². The van der Waals surface area contributed by atoms with E-state index in [1.54, 1.807) is 6.20 Å². The predicted octanol–water partition coefficient (Wildman–Crippen LogP) is 2.68. The molecule has 1 amide bonds. The highest BCUT2D eigenvalue weighted by Gasteiger charge is 2.30. The molecule has 1 aromatic heterocycles. The first kappa shape index (κ1) is 14.1. The summed E-state index contributed by atoms with van der Waals surface area (Å²) in [4.78, 5) is 16.3. The van der Waals surface area contributed by atoms with Gasteiger partial charge in [0, 0.05) is 29.0 Å². The molecule has 3 rings (SSSR count). The average molecular weight is 347 g/mol. The minimum absolute atomic E-state index is 0.00994. The molecule has 0 bridgehead atoms. The number of carbonyl (C=O) groups is 1. The standard InChI is InChI=1S/C16H15BrN2O2/c17-12-3-4-15-13(8-12)14(10-21-15)16(20)19-7-5-11-2-1-6-18-9-11/h1-4,6,8-9,14H,5,7,10H2,(H,19,20)/t14-/m0/s1. The number of rotatable bonds is 4. The molecule has 0 fully saturated rings. The molecule has 5 heteroatoms. The van der Waals surface area contributed by atoms with Crippen molar-refractivity contribution in [3.8, 4) is 5.75 Å². The van der Waals surface area contributed by atoms with E-state index in [1.165, 1.54) is 0 Å². The lowest BCUT2D eigenvalue weighted by Crippen LogP contribution is -2.31. The number of benzene rings is 1. The summed E-state index contributed by atoms with van der Waals surface area (Å²) in [5.41, 5.74) is 2.06. The molecule has 0 spiro atoms. The molecule has 4 nitrogen and oxygen atoms in total. The quantitative estimate of drug-likeness (QED) is 0.925. The van der Waals surface area contributed by atoms with Crippen molar-refractivity contribution in [2.24, 2.45) is 0 Å². The van der Waals surface area contributed by atoms with E-state index < -0.39 is 0 Å². The zero-order valence-electron chi connectivity index (χ0n) is 11.4. The second-order valence-electron chi connectivity index (χ2n) is 4.95. The number of hydrogen-bond donors (Lipinski definition) is 1. The van der Waals surface area contributed by atoms with E-state index in [1.807, 2.05) is 36.5 Å². The largest absolute Gasteiger partial charge is 0.492 e. The van der Waals surface area contributed by atoms with E-state index in [0.717, 1.165) is 27.8 Å². The Labute approximate surface area is 131 Å². The first-order valence-corrected chi connectivity index (χ1v) is 7.62. The summed E-state index contributed by atoms with van der Waals surface area (Å²) in [5.74, 6) is 0.577. The van der Waals surface area contributed by atoms with E-state index in [9.17, 15) is 4.79 Å². The molecule has 21 heavy (non-hydrogen) atoms. The first-order chi connectivity index (χ1) is 10.2. The van der Waals surface area contributed by atoms with E-state index in [4.69, 9.17) is 4.74 Å². The van der Waals surface area contributed by atoms with Gasteiger partial charge in [0.15, 0.2) is 0 Å². The minimum atomic E-state index is -0.230. The van der Waals surface area contributed by atoms with E-state index in [2.05, 4.69) is 26.2 Å². The highest BCUT2D eigenvalue weighted by molar-refractivity contribution is 9.10. The molecule has 0 aliphatic carbocycles. The van der Waals surface area contributed by atoms with Crippen LogP contribution in [0.2, 0.25) is 0 Å². The van der Waals surface area contributed by atoms with Crippen molar-refractivity contribution in [3.05, 3.63) is 58.3 Å². The van der Waals surface area contributed by atoms with Crippen LogP contribution < -0.4 is 10.1 Å². The lowest BCUT2D eigenvalue weighted by molar-refractivity contribution is -0.122. The second-order valence-corrected chi connectivity index (χ2v) is 5.86. The Bertz CT molecular complexity index is 646. The fourth-order valence-corrected chi connectivity index (χ4v) is 2.78. The fraction of sp³-hybridized carbons (Fsp3) is 0.250. The number of carbonyl (C=O) groups excluding carboxylic acids is 1. The highest BCUT2D eigenvalue weighted by atomic mass is 79.9. The number of amides is 1. The SMILES string of the molecule is O=C(NCCc1cccnc1)[C@H]1COc2ccc(Br)cc21. The van der Waals surface area contributed by atoms with Crippen LogP contribution in [-0.2, 0) is 11.2 Å². The van der Waals surface area contributed by atoms with Crippen LogP contribution in [0.4, 0.5) is 0 Å². The zero-order chi connectivity index (χ0) is 14.7. The minimum Gasteiger partial charge on any atom is -0.492 e. The van der Waals surface area contributed by atoms with Crippen molar-refractivity contribution in [3.63, 3.8) is 0 Å². The van der Waals surface area contributed by atoms with Crippen LogP contribution in [0, 0.1) is 0 Å². The third kappa shape index (κ3) is 3.24. The van der Waals surface area contributed by atoms with Crippen molar-refractivity contribution < 1.29 is 9.53 Å². The number of halogens is 1. The Kier molecular flexibility index (Phi) is 4.20. The molecule has 1 aromatic carbocycles. The van der Waals surface area contributed by atoms with Crippen molar-refractivity contribution in [2.45, 2.75) is 12.3 Å². The average Bonchev–Trinajstić information content (AvgIpc) is 2.91. The zero-order valence-corrected chi connectivity index (χ0v) is 13.0. The van der Waals surface area contributed by atoms with Gasteiger partial charge >= 0.3 is 0 Å².